The van der Waals surface area contributed by atoms with Gasteiger partial charge in [-0.25, -0.2) is 0 Å². The summed E-state index contributed by atoms with van der Waals surface area (Å²) in [5.74, 6) is 1.79. The van der Waals surface area contributed by atoms with Crippen LogP contribution in [0.15, 0.2) is 0 Å². The van der Waals surface area contributed by atoms with Gasteiger partial charge in [0.25, 0.3) is 0 Å². The molecule has 2 rings (SSSR count). The van der Waals surface area contributed by atoms with Crippen molar-refractivity contribution in [3.05, 3.63) is 0 Å². The Bertz CT molecular complexity index is 205. The summed E-state index contributed by atoms with van der Waals surface area (Å²) in [4.78, 5) is 0. The van der Waals surface area contributed by atoms with Gasteiger partial charge in [0.15, 0.2) is 0 Å². The first-order valence-corrected chi connectivity index (χ1v) is 6.22. The molecular formula is C13H25N. The van der Waals surface area contributed by atoms with Crippen molar-refractivity contribution in [3.63, 3.8) is 0 Å². The normalized spacial score (nSPS) is 48.2. The van der Waals surface area contributed by atoms with E-state index in [9.17, 15) is 0 Å². The second-order valence-corrected chi connectivity index (χ2v) is 6.51. The van der Waals surface area contributed by atoms with Crippen LogP contribution in [-0.2, 0) is 0 Å². The van der Waals surface area contributed by atoms with E-state index in [1.54, 1.807) is 0 Å². The van der Waals surface area contributed by atoms with Crippen LogP contribution in [0.1, 0.15) is 59.8 Å². The summed E-state index contributed by atoms with van der Waals surface area (Å²) in [5.41, 5.74) is 0.889. The highest BCUT2D eigenvalue weighted by Crippen LogP contribution is 2.44. The molecule has 1 N–H and O–H groups in total. The fourth-order valence-corrected chi connectivity index (χ4v) is 3.73. The Morgan fingerprint density at radius 1 is 1.07 bits per heavy atom. The van der Waals surface area contributed by atoms with Gasteiger partial charge in [-0.1, -0.05) is 13.8 Å². The minimum absolute atomic E-state index is 0.445. The second-order valence-electron chi connectivity index (χ2n) is 6.51. The average Bonchev–Trinajstić information content (AvgIpc) is 1.99. The predicted molar refractivity (Wildman–Crippen MR) is 61.4 cm³/mol. The molecule has 0 amide bonds. The molecular weight excluding hydrogens is 170 g/mol. The highest BCUT2D eigenvalue weighted by Gasteiger charge is 2.45. The van der Waals surface area contributed by atoms with Gasteiger partial charge in [-0.05, 0) is 57.8 Å². The van der Waals surface area contributed by atoms with E-state index in [0.29, 0.717) is 11.1 Å². The van der Waals surface area contributed by atoms with Gasteiger partial charge in [-0.15, -0.1) is 0 Å². The molecule has 0 saturated carbocycles. The molecule has 2 aliphatic rings. The molecule has 1 heteroatoms. The van der Waals surface area contributed by atoms with Crippen LogP contribution in [-0.4, -0.2) is 11.1 Å². The van der Waals surface area contributed by atoms with Gasteiger partial charge in [0.05, 0.1) is 0 Å². The van der Waals surface area contributed by atoms with E-state index < -0.39 is 0 Å². The standard InChI is InChI=1S/C13H25N/c1-10(2)11-8-12(3)6-5-7-13(4,9-11)14-12/h10-11,14H,5-9H2,1-4H3/t11?,12-,13+. The Kier molecular flexibility index (Phi) is 2.42. The first kappa shape index (κ1) is 10.5. The molecule has 1 nitrogen and oxygen atoms in total. The fraction of sp³-hybridized carbons (Fsp3) is 1.00. The fourth-order valence-electron chi connectivity index (χ4n) is 3.73. The topological polar surface area (TPSA) is 12.0 Å². The van der Waals surface area contributed by atoms with Gasteiger partial charge in [0.1, 0.15) is 0 Å². The average molecular weight is 195 g/mol. The molecule has 2 saturated heterocycles. The van der Waals surface area contributed by atoms with E-state index in [1.165, 1.54) is 32.1 Å². The Labute approximate surface area is 88.7 Å². The Balaban J connectivity index is 2.16. The van der Waals surface area contributed by atoms with Crippen molar-refractivity contribution in [2.75, 3.05) is 0 Å². The van der Waals surface area contributed by atoms with Gasteiger partial charge >= 0.3 is 0 Å². The van der Waals surface area contributed by atoms with Crippen LogP contribution in [0.3, 0.4) is 0 Å². The number of hydrogen-bond acceptors (Lipinski definition) is 1. The lowest BCUT2D eigenvalue weighted by Crippen LogP contribution is -2.63. The minimum Gasteiger partial charge on any atom is -0.306 e. The Morgan fingerprint density at radius 3 is 2.00 bits per heavy atom. The van der Waals surface area contributed by atoms with Crippen molar-refractivity contribution in [3.8, 4) is 0 Å². The maximum atomic E-state index is 3.89. The first-order valence-electron chi connectivity index (χ1n) is 6.22. The van der Waals surface area contributed by atoms with E-state index in [1.807, 2.05) is 0 Å². The van der Waals surface area contributed by atoms with Crippen LogP contribution in [0.25, 0.3) is 0 Å². The van der Waals surface area contributed by atoms with Crippen molar-refractivity contribution in [1.82, 2.24) is 5.32 Å². The lowest BCUT2D eigenvalue weighted by atomic mass is 9.64. The van der Waals surface area contributed by atoms with Crippen molar-refractivity contribution >= 4 is 0 Å². The van der Waals surface area contributed by atoms with Gasteiger partial charge in [-0.3, -0.25) is 0 Å². The molecule has 2 heterocycles. The van der Waals surface area contributed by atoms with Gasteiger partial charge in [0.2, 0.25) is 0 Å². The van der Waals surface area contributed by atoms with Crippen LogP contribution < -0.4 is 5.32 Å². The van der Waals surface area contributed by atoms with Gasteiger partial charge in [0, 0.05) is 11.1 Å². The third-order valence-corrected chi connectivity index (χ3v) is 4.43. The molecule has 2 aliphatic heterocycles. The van der Waals surface area contributed by atoms with Crippen LogP contribution in [0.4, 0.5) is 0 Å². The number of rotatable bonds is 1. The summed E-state index contributed by atoms with van der Waals surface area (Å²) in [6.45, 7) is 9.63. The molecule has 0 radical (unpaired) electrons. The lowest BCUT2D eigenvalue weighted by molar-refractivity contribution is 0.0380. The number of hydrogen-bond donors (Lipinski definition) is 1. The number of piperidine rings is 2. The zero-order valence-corrected chi connectivity index (χ0v) is 10.2. The maximum absolute atomic E-state index is 3.89. The summed E-state index contributed by atoms with van der Waals surface area (Å²) >= 11 is 0. The highest BCUT2D eigenvalue weighted by atomic mass is 15.1. The molecule has 0 aromatic rings. The lowest BCUT2D eigenvalue weighted by Gasteiger charge is -2.54. The molecule has 82 valence electrons. The summed E-state index contributed by atoms with van der Waals surface area (Å²) in [5, 5.41) is 3.89. The Hall–Kier alpha value is -0.0400. The SMILES string of the molecule is CC(C)C1C[C@]2(C)CCC[C@](C)(C1)N2. The third kappa shape index (κ3) is 1.84. The second kappa shape index (κ2) is 3.23. The molecule has 0 spiro atoms. The van der Waals surface area contributed by atoms with E-state index >= 15 is 0 Å². The molecule has 1 unspecified atom stereocenters. The van der Waals surface area contributed by atoms with Crippen molar-refractivity contribution in [2.24, 2.45) is 11.8 Å². The van der Waals surface area contributed by atoms with Crippen LogP contribution in [0.2, 0.25) is 0 Å². The van der Waals surface area contributed by atoms with Gasteiger partial charge < -0.3 is 5.32 Å². The summed E-state index contributed by atoms with van der Waals surface area (Å²) in [7, 11) is 0. The minimum atomic E-state index is 0.445. The van der Waals surface area contributed by atoms with E-state index in [4.69, 9.17) is 0 Å². The molecule has 2 bridgehead atoms. The van der Waals surface area contributed by atoms with Crippen LogP contribution >= 0.6 is 0 Å². The molecule has 0 aromatic carbocycles. The maximum Gasteiger partial charge on any atom is 0.0161 e. The monoisotopic (exact) mass is 195 g/mol. The summed E-state index contributed by atoms with van der Waals surface area (Å²) in [6.07, 6.45) is 6.96. The number of nitrogens with one attached hydrogen (secondary N) is 1. The van der Waals surface area contributed by atoms with Gasteiger partial charge in [-0.2, -0.15) is 0 Å². The van der Waals surface area contributed by atoms with Crippen molar-refractivity contribution in [1.29, 1.82) is 0 Å². The molecule has 2 fully saturated rings. The van der Waals surface area contributed by atoms with Crippen molar-refractivity contribution in [2.45, 2.75) is 70.9 Å². The highest BCUT2D eigenvalue weighted by molar-refractivity contribution is 5.05. The van der Waals surface area contributed by atoms with E-state index in [2.05, 4.69) is 33.0 Å². The molecule has 0 aliphatic carbocycles. The first-order chi connectivity index (χ1) is 6.43. The van der Waals surface area contributed by atoms with E-state index in [0.717, 1.165) is 11.8 Å². The zero-order chi connectivity index (χ0) is 10.4. The summed E-state index contributed by atoms with van der Waals surface area (Å²) in [6, 6.07) is 0. The van der Waals surface area contributed by atoms with Crippen LogP contribution in [0, 0.1) is 11.8 Å². The smallest absolute Gasteiger partial charge is 0.0161 e. The number of fused-ring (bicyclic) bond motifs is 2. The molecule has 3 atom stereocenters. The molecule has 14 heavy (non-hydrogen) atoms. The molecule has 0 aromatic heterocycles. The van der Waals surface area contributed by atoms with E-state index in [-0.39, 0.29) is 0 Å². The predicted octanol–water partition coefficient (Wildman–Crippen LogP) is 3.34. The Morgan fingerprint density at radius 2 is 1.57 bits per heavy atom. The quantitative estimate of drug-likeness (QED) is 0.676. The largest absolute Gasteiger partial charge is 0.306 e. The van der Waals surface area contributed by atoms with Crippen molar-refractivity contribution < 1.29 is 0 Å². The zero-order valence-electron chi connectivity index (χ0n) is 10.2. The third-order valence-electron chi connectivity index (χ3n) is 4.43. The summed E-state index contributed by atoms with van der Waals surface area (Å²) < 4.78 is 0. The van der Waals surface area contributed by atoms with Crippen LogP contribution in [0.5, 0.6) is 0 Å².